The van der Waals surface area contributed by atoms with Gasteiger partial charge in [0.15, 0.2) is 0 Å². The predicted octanol–water partition coefficient (Wildman–Crippen LogP) is 2.44. The number of halogens is 1. The van der Waals surface area contributed by atoms with E-state index in [9.17, 15) is 4.79 Å². The Labute approximate surface area is 124 Å². The highest BCUT2D eigenvalue weighted by atomic mass is 35.5. The van der Waals surface area contributed by atoms with E-state index in [0.717, 1.165) is 32.2 Å². The third-order valence-corrected chi connectivity index (χ3v) is 4.77. The van der Waals surface area contributed by atoms with E-state index in [-0.39, 0.29) is 5.91 Å². The number of aromatic nitrogens is 1. The number of nitrogens with zero attached hydrogens (tertiary/aromatic N) is 3. The summed E-state index contributed by atoms with van der Waals surface area (Å²) in [6.07, 6.45) is 8.53. The Balaban J connectivity index is 1.60. The van der Waals surface area contributed by atoms with Gasteiger partial charge in [-0.1, -0.05) is 24.4 Å². The van der Waals surface area contributed by atoms with E-state index >= 15 is 0 Å². The van der Waals surface area contributed by atoms with E-state index in [2.05, 4.69) is 9.88 Å². The first kappa shape index (κ1) is 13.8. The maximum Gasteiger partial charge on any atom is 0.257 e. The summed E-state index contributed by atoms with van der Waals surface area (Å²) in [5, 5.41) is 0.489. The van der Waals surface area contributed by atoms with Gasteiger partial charge in [0.25, 0.3) is 5.91 Å². The number of carbonyl (C=O) groups is 1. The van der Waals surface area contributed by atoms with Crippen LogP contribution in [-0.2, 0) is 0 Å². The topological polar surface area (TPSA) is 36.4 Å². The van der Waals surface area contributed by atoms with Crippen LogP contribution in [0.1, 0.15) is 36.0 Å². The molecule has 1 aliphatic heterocycles. The molecule has 108 valence electrons. The van der Waals surface area contributed by atoms with Crippen molar-refractivity contribution < 1.29 is 4.79 Å². The SMILES string of the molecule is O=C(c1cnccc1Cl)N1CCN(C2CCCC2)CC1. The fourth-order valence-corrected chi connectivity index (χ4v) is 3.45. The van der Waals surface area contributed by atoms with Crippen molar-refractivity contribution in [1.29, 1.82) is 0 Å². The normalized spacial score (nSPS) is 21.4. The zero-order chi connectivity index (χ0) is 13.9. The van der Waals surface area contributed by atoms with Crippen molar-refractivity contribution in [2.24, 2.45) is 0 Å². The van der Waals surface area contributed by atoms with Gasteiger partial charge in [-0.05, 0) is 18.9 Å². The Morgan fingerprint density at radius 2 is 1.90 bits per heavy atom. The molecule has 20 heavy (non-hydrogen) atoms. The Morgan fingerprint density at radius 1 is 1.20 bits per heavy atom. The molecule has 2 heterocycles. The minimum absolute atomic E-state index is 0.00849. The lowest BCUT2D eigenvalue weighted by molar-refractivity contribution is 0.0573. The van der Waals surface area contributed by atoms with Gasteiger partial charge in [-0.2, -0.15) is 0 Å². The summed E-state index contributed by atoms with van der Waals surface area (Å²) in [5.74, 6) is 0.00849. The number of amides is 1. The molecule has 1 saturated heterocycles. The molecular weight excluding hydrogens is 274 g/mol. The van der Waals surface area contributed by atoms with Crippen molar-refractivity contribution in [2.45, 2.75) is 31.7 Å². The molecule has 0 atom stereocenters. The van der Waals surface area contributed by atoms with E-state index in [1.807, 2.05) is 4.90 Å². The smallest absolute Gasteiger partial charge is 0.257 e. The van der Waals surface area contributed by atoms with E-state index in [0.29, 0.717) is 10.6 Å². The summed E-state index contributed by atoms with van der Waals surface area (Å²) >= 11 is 6.07. The second-order valence-corrected chi connectivity index (χ2v) is 6.03. The maximum atomic E-state index is 12.4. The standard InChI is InChI=1S/C15H20ClN3O/c16-14-5-6-17-11-13(14)15(20)19-9-7-18(8-10-19)12-3-1-2-4-12/h5-6,11-12H,1-4,7-10H2. The van der Waals surface area contributed by atoms with E-state index < -0.39 is 0 Å². The molecule has 0 unspecified atom stereocenters. The third-order valence-electron chi connectivity index (χ3n) is 4.44. The van der Waals surface area contributed by atoms with Gasteiger partial charge in [0, 0.05) is 44.6 Å². The second-order valence-electron chi connectivity index (χ2n) is 5.62. The molecule has 1 amide bonds. The van der Waals surface area contributed by atoms with Crippen LogP contribution in [-0.4, -0.2) is 52.9 Å². The van der Waals surface area contributed by atoms with Gasteiger partial charge in [-0.25, -0.2) is 0 Å². The van der Waals surface area contributed by atoms with Gasteiger partial charge in [-0.3, -0.25) is 14.7 Å². The molecular formula is C15H20ClN3O. The molecule has 1 saturated carbocycles. The Kier molecular flexibility index (Phi) is 4.22. The van der Waals surface area contributed by atoms with E-state index in [4.69, 9.17) is 11.6 Å². The van der Waals surface area contributed by atoms with Gasteiger partial charge >= 0.3 is 0 Å². The summed E-state index contributed by atoms with van der Waals surface area (Å²) in [6, 6.07) is 2.41. The van der Waals surface area contributed by atoms with Crippen molar-refractivity contribution in [3.63, 3.8) is 0 Å². The molecule has 3 rings (SSSR count). The second kappa shape index (κ2) is 6.10. The fraction of sp³-hybridized carbons (Fsp3) is 0.600. The van der Waals surface area contributed by atoms with E-state index in [1.54, 1.807) is 18.5 Å². The zero-order valence-corrected chi connectivity index (χ0v) is 12.4. The summed E-state index contributed by atoms with van der Waals surface area (Å²) in [6.45, 7) is 3.55. The van der Waals surface area contributed by atoms with Gasteiger partial charge < -0.3 is 4.90 Å². The predicted molar refractivity (Wildman–Crippen MR) is 79.0 cm³/mol. The Bertz CT molecular complexity index is 480. The molecule has 0 bridgehead atoms. The molecule has 0 N–H and O–H groups in total. The van der Waals surface area contributed by atoms with Gasteiger partial charge in [0.2, 0.25) is 0 Å². The zero-order valence-electron chi connectivity index (χ0n) is 11.6. The number of hydrogen-bond donors (Lipinski definition) is 0. The molecule has 1 aliphatic carbocycles. The third kappa shape index (κ3) is 2.81. The molecule has 2 fully saturated rings. The minimum Gasteiger partial charge on any atom is -0.336 e. The first-order chi connectivity index (χ1) is 9.75. The lowest BCUT2D eigenvalue weighted by atomic mass is 10.1. The number of rotatable bonds is 2. The van der Waals surface area contributed by atoms with Crippen molar-refractivity contribution in [2.75, 3.05) is 26.2 Å². The van der Waals surface area contributed by atoms with Crippen LogP contribution < -0.4 is 0 Å². The highest BCUT2D eigenvalue weighted by molar-refractivity contribution is 6.33. The molecule has 2 aliphatic rings. The number of carbonyl (C=O) groups excluding carboxylic acids is 1. The van der Waals surface area contributed by atoms with Gasteiger partial charge in [0.1, 0.15) is 0 Å². The molecule has 1 aromatic rings. The van der Waals surface area contributed by atoms with Gasteiger partial charge in [-0.15, -0.1) is 0 Å². The van der Waals surface area contributed by atoms with Crippen molar-refractivity contribution in [3.8, 4) is 0 Å². The number of hydrogen-bond acceptors (Lipinski definition) is 3. The van der Waals surface area contributed by atoms with E-state index in [1.165, 1.54) is 25.7 Å². The maximum absolute atomic E-state index is 12.4. The lowest BCUT2D eigenvalue weighted by Gasteiger charge is -2.38. The van der Waals surface area contributed by atoms with Crippen molar-refractivity contribution >= 4 is 17.5 Å². The van der Waals surface area contributed by atoms with Crippen LogP contribution in [0.5, 0.6) is 0 Å². The quantitative estimate of drug-likeness (QED) is 0.840. The highest BCUT2D eigenvalue weighted by Gasteiger charge is 2.28. The van der Waals surface area contributed by atoms with Crippen LogP contribution in [0.3, 0.4) is 0 Å². The van der Waals surface area contributed by atoms with Crippen LogP contribution in [0.15, 0.2) is 18.5 Å². The van der Waals surface area contributed by atoms with Crippen LogP contribution in [0.4, 0.5) is 0 Å². The van der Waals surface area contributed by atoms with Crippen LogP contribution in [0.25, 0.3) is 0 Å². The highest BCUT2D eigenvalue weighted by Crippen LogP contribution is 2.25. The lowest BCUT2D eigenvalue weighted by Crippen LogP contribution is -2.51. The molecule has 0 spiro atoms. The number of piperazine rings is 1. The summed E-state index contributed by atoms with van der Waals surface area (Å²) in [4.78, 5) is 20.9. The first-order valence-corrected chi connectivity index (χ1v) is 7.76. The van der Waals surface area contributed by atoms with Gasteiger partial charge in [0.05, 0.1) is 10.6 Å². The monoisotopic (exact) mass is 293 g/mol. The first-order valence-electron chi connectivity index (χ1n) is 7.38. The molecule has 5 heteroatoms. The van der Waals surface area contributed by atoms with Crippen LogP contribution in [0, 0.1) is 0 Å². The Morgan fingerprint density at radius 3 is 2.55 bits per heavy atom. The summed E-state index contributed by atoms with van der Waals surface area (Å²) in [5.41, 5.74) is 0.517. The molecule has 0 radical (unpaired) electrons. The largest absolute Gasteiger partial charge is 0.336 e. The van der Waals surface area contributed by atoms with Crippen LogP contribution in [0.2, 0.25) is 5.02 Å². The van der Waals surface area contributed by atoms with Crippen molar-refractivity contribution in [3.05, 3.63) is 29.0 Å². The minimum atomic E-state index is 0.00849. The molecule has 0 aromatic carbocycles. The van der Waals surface area contributed by atoms with Crippen LogP contribution >= 0.6 is 11.6 Å². The summed E-state index contributed by atoms with van der Waals surface area (Å²) in [7, 11) is 0. The Hall–Kier alpha value is -1.13. The molecule has 1 aromatic heterocycles. The number of pyridine rings is 1. The average Bonchev–Trinajstić information content (AvgIpc) is 3.01. The average molecular weight is 294 g/mol. The fourth-order valence-electron chi connectivity index (χ4n) is 3.26. The molecule has 4 nitrogen and oxygen atoms in total. The summed E-state index contributed by atoms with van der Waals surface area (Å²) < 4.78 is 0. The van der Waals surface area contributed by atoms with Crippen molar-refractivity contribution in [1.82, 2.24) is 14.8 Å².